The smallest absolute Gasteiger partial charge is 0.151 e. The molecule has 0 amide bonds. The number of aromatic nitrogens is 5. The number of rotatable bonds is 3. The van der Waals surface area contributed by atoms with E-state index in [0.29, 0.717) is 18.2 Å². The highest BCUT2D eigenvalue weighted by Crippen LogP contribution is 2.03. The predicted molar refractivity (Wildman–Crippen MR) is 54.8 cm³/mol. The second kappa shape index (κ2) is 3.91. The van der Waals surface area contributed by atoms with Crippen LogP contribution in [0, 0.1) is 0 Å². The fourth-order valence-electron chi connectivity index (χ4n) is 1.07. The molecule has 0 aromatic carbocycles. The van der Waals surface area contributed by atoms with Gasteiger partial charge in [-0.05, 0) is 0 Å². The first kappa shape index (κ1) is 9.38. The minimum absolute atomic E-state index is 0.402. The van der Waals surface area contributed by atoms with Crippen LogP contribution in [0.25, 0.3) is 0 Å². The maximum atomic E-state index is 5.41. The van der Waals surface area contributed by atoms with E-state index < -0.39 is 0 Å². The van der Waals surface area contributed by atoms with E-state index in [1.807, 2.05) is 11.6 Å². The monoisotopic (exact) mass is 205 g/mol. The number of hydrogen-bond acceptors (Lipinski definition) is 6. The quantitative estimate of drug-likeness (QED) is 0.720. The van der Waals surface area contributed by atoms with Gasteiger partial charge < -0.3 is 15.6 Å². The third kappa shape index (κ3) is 2.19. The topological polar surface area (TPSA) is 94.5 Å². The van der Waals surface area contributed by atoms with Gasteiger partial charge in [0.25, 0.3) is 0 Å². The van der Waals surface area contributed by atoms with E-state index in [1.54, 1.807) is 12.5 Å². The van der Waals surface area contributed by atoms with Crippen molar-refractivity contribution in [2.45, 2.75) is 6.54 Å². The third-order valence-corrected chi connectivity index (χ3v) is 1.90. The van der Waals surface area contributed by atoms with Gasteiger partial charge in [0.2, 0.25) is 0 Å². The number of aryl methyl sites for hydroxylation is 1. The van der Waals surface area contributed by atoms with Crippen LogP contribution in [0.3, 0.4) is 0 Å². The Kier molecular flexibility index (Phi) is 2.44. The summed E-state index contributed by atoms with van der Waals surface area (Å²) in [6.45, 7) is 0.551. The molecule has 0 spiro atoms. The molecule has 7 heteroatoms. The van der Waals surface area contributed by atoms with Crippen molar-refractivity contribution in [3.63, 3.8) is 0 Å². The number of nitrogens with zero attached hydrogens (tertiary/aromatic N) is 5. The standard InChI is InChI=1S/C8H11N7/c1-15-5-13-14-8(15)4-12-7-3-10-6(9)2-11-7/h2-3,5H,4H2,1H3,(H2,9,10)(H,11,12). The van der Waals surface area contributed by atoms with Gasteiger partial charge in [0.15, 0.2) is 5.82 Å². The molecule has 78 valence electrons. The summed E-state index contributed by atoms with van der Waals surface area (Å²) in [7, 11) is 1.88. The van der Waals surface area contributed by atoms with Crippen molar-refractivity contribution in [1.82, 2.24) is 24.7 Å². The van der Waals surface area contributed by atoms with Gasteiger partial charge in [-0.15, -0.1) is 10.2 Å². The number of nitrogen functional groups attached to an aromatic ring is 1. The molecule has 0 bridgehead atoms. The summed E-state index contributed by atoms with van der Waals surface area (Å²) in [6, 6.07) is 0. The maximum Gasteiger partial charge on any atom is 0.151 e. The molecule has 0 radical (unpaired) electrons. The molecule has 2 heterocycles. The lowest BCUT2D eigenvalue weighted by molar-refractivity contribution is 0.809. The van der Waals surface area contributed by atoms with Gasteiger partial charge in [0.1, 0.15) is 18.0 Å². The summed E-state index contributed by atoms with van der Waals surface area (Å²) >= 11 is 0. The van der Waals surface area contributed by atoms with Crippen molar-refractivity contribution < 1.29 is 0 Å². The van der Waals surface area contributed by atoms with Crippen LogP contribution in [0.1, 0.15) is 5.82 Å². The molecule has 2 rings (SSSR count). The van der Waals surface area contributed by atoms with Crippen molar-refractivity contribution in [3.05, 3.63) is 24.5 Å². The minimum atomic E-state index is 0.402. The molecule has 0 atom stereocenters. The Morgan fingerprint density at radius 1 is 1.40 bits per heavy atom. The molecule has 0 aliphatic heterocycles. The van der Waals surface area contributed by atoms with Gasteiger partial charge in [-0.1, -0.05) is 0 Å². The zero-order valence-electron chi connectivity index (χ0n) is 8.25. The lowest BCUT2D eigenvalue weighted by Gasteiger charge is -2.03. The van der Waals surface area contributed by atoms with Crippen molar-refractivity contribution >= 4 is 11.6 Å². The zero-order valence-corrected chi connectivity index (χ0v) is 8.25. The number of nitrogens with two attached hydrogens (primary N) is 1. The molecule has 0 aliphatic carbocycles. The predicted octanol–water partition coefficient (Wildman–Crippen LogP) is -0.201. The number of nitrogens with one attached hydrogen (secondary N) is 1. The third-order valence-electron chi connectivity index (χ3n) is 1.90. The Morgan fingerprint density at radius 3 is 2.87 bits per heavy atom. The van der Waals surface area contributed by atoms with Crippen molar-refractivity contribution in [2.75, 3.05) is 11.1 Å². The van der Waals surface area contributed by atoms with Crippen LogP contribution in [-0.4, -0.2) is 24.7 Å². The first-order chi connectivity index (χ1) is 7.25. The van der Waals surface area contributed by atoms with Gasteiger partial charge in [0, 0.05) is 7.05 Å². The molecule has 15 heavy (non-hydrogen) atoms. The van der Waals surface area contributed by atoms with Crippen LogP contribution in [0.2, 0.25) is 0 Å². The van der Waals surface area contributed by atoms with E-state index in [9.17, 15) is 0 Å². The van der Waals surface area contributed by atoms with E-state index in [-0.39, 0.29) is 0 Å². The van der Waals surface area contributed by atoms with E-state index in [4.69, 9.17) is 5.73 Å². The van der Waals surface area contributed by atoms with Crippen molar-refractivity contribution in [3.8, 4) is 0 Å². The summed E-state index contributed by atoms with van der Waals surface area (Å²) in [5.74, 6) is 1.89. The van der Waals surface area contributed by atoms with E-state index in [0.717, 1.165) is 5.82 Å². The first-order valence-electron chi connectivity index (χ1n) is 4.40. The van der Waals surface area contributed by atoms with E-state index in [2.05, 4.69) is 25.5 Å². The average molecular weight is 205 g/mol. The highest BCUT2D eigenvalue weighted by atomic mass is 15.3. The van der Waals surface area contributed by atoms with Crippen LogP contribution in [0.4, 0.5) is 11.6 Å². The Bertz CT molecular complexity index is 433. The van der Waals surface area contributed by atoms with Crippen molar-refractivity contribution in [1.29, 1.82) is 0 Å². The Labute approximate surface area is 86.4 Å². The fourth-order valence-corrected chi connectivity index (χ4v) is 1.07. The molecule has 0 saturated carbocycles. The molecule has 7 nitrogen and oxygen atoms in total. The van der Waals surface area contributed by atoms with Gasteiger partial charge in [-0.3, -0.25) is 0 Å². The van der Waals surface area contributed by atoms with Crippen LogP contribution in [-0.2, 0) is 13.6 Å². The second-order valence-electron chi connectivity index (χ2n) is 3.04. The summed E-state index contributed by atoms with van der Waals surface area (Å²) in [5, 5.41) is 10.8. The normalized spacial score (nSPS) is 10.2. The van der Waals surface area contributed by atoms with E-state index >= 15 is 0 Å². The van der Waals surface area contributed by atoms with Gasteiger partial charge in [-0.25, -0.2) is 9.97 Å². The fraction of sp³-hybridized carbons (Fsp3) is 0.250. The van der Waals surface area contributed by atoms with Gasteiger partial charge >= 0.3 is 0 Å². The van der Waals surface area contributed by atoms with E-state index in [1.165, 1.54) is 6.20 Å². The lowest BCUT2D eigenvalue weighted by Crippen LogP contribution is -2.07. The Balaban J connectivity index is 1.99. The number of anilines is 2. The van der Waals surface area contributed by atoms with Crippen LogP contribution in [0.5, 0.6) is 0 Å². The summed E-state index contributed by atoms with van der Waals surface area (Å²) < 4.78 is 1.83. The molecule has 3 N–H and O–H groups in total. The summed E-state index contributed by atoms with van der Waals surface area (Å²) in [6.07, 6.45) is 4.72. The highest BCUT2D eigenvalue weighted by Gasteiger charge is 2.00. The summed E-state index contributed by atoms with van der Waals surface area (Å²) in [5.41, 5.74) is 5.41. The molecule has 0 unspecified atom stereocenters. The number of hydrogen-bond donors (Lipinski definition) is 2. The average Bonchev–Trinajstić information content (AvgIpc) is 2.63. The van der Waals surface area contributed by atoms with Crippen LogP contribution < -0.4 is 11.1 Å². The largest absolute Gasteiger partial charge is 0.382 e. The zero-order chi connectivity index (χ0) is 10.7. The SMILES string of the molecule is Cn1cnnc1CNc1cnc(N)cn1. The Morgan fingerprint density at radius 2 is 2.27 bits per heavy atom. The first-order valence-corrected chi connectivity index (χ1v) is 4.40. The van der Waals surface area contributed by atoms with Crippen molar-refractivity contribution in [2.24, 2.45) is 7.05 Å². The molecule has 2 aromatic rings. The lowest BCUT2D eigenvalue weighted by atomic mass is 10.5. The summed E-state index contributed by atoms with van der Waals surface area (Å²) in [4.78, 5) is 7.96. The molecule has 2 aromatic heterocycles. The minimum Gasteiger partial charge on any atom is -0.382 e. The molecule has 0 saturated heterocycles. The van der Waals surface area contributed by atoms with Crippen LogP contribution >= 0.6 is 0 Å². The molecular formula is C8H11N7. The second-order valence-corrected chi connectivity index (χ2v) is 3.04. The molecule has 0 aliphatic rings. The highest BCUT2D eigenvalue weighted by molar-refractivity contribution is 5.35. The molecular weight excluding hydrogens is 194 g/mol. The van der Waals surface area contributed by atoms with Crippen LogP contribution in [0.15, 0.2) is 18.7 Å². The Hall–Kier alpha value is -2.18. The van der Waals surface area contributed by atoms with Gasteiger partial charge in [-0.2, -0.15) is 0 Å². The molecule has 0 fully saturated rings. The maximum absolute atomic E-state index is 5.41. The van der Waals surface area contributed by atoms with Gasteiger partial charge in [0.05, 0.1) is 18.9 Å².